The second-order valence-electron chi connectivity index (χ2n) is 6.04. The van der Waals surface area contributed by atoms with Gasteiger partial charge in [-0.2, -0.15) is 0 Å². The van der Waals surface area contributed by atoms with Crippen molar-refractivity contribution in [3.8, 4) is 11.1 Å². The van der Waals surface area contributed by atoms with Gasteiger partial charge in [0.2, 0.25) is 0 Å². The second kappa shape index (κ2) is 5.19. The van der Waals surface area contributed by atoms with Crippen molar-refractivity contribution in [2.45, 2.75) is 32.7 Å². The SMILES string of the molecule is CC1(Cn2c(=O)[nH]c(Cl)c(-c3ccccc3)c2=O)CCC1. The van der Waals surface area contributed by atoms with Gasteiger partial charge in [-0.1, -0.05) is 55.3 Å². The summed E-state index contributed by atoms with van der Waals surface area (Å²) in [6, 6.07) is 9.19. The molecule has 0 bridgehead atoms. The smallest absolute Gasteiger partial charge is 0.297 e. The van der Waals surface area contributed by atoms with Gasteiger partial charge >= 0.3 is 5.69 Å². The van der Waals surface area contributed by atoms with Gasteiger partial charge in [0, 0.05) is 6.54 Å². The van der Waals surface area contributed by atoms with Crippen LogP contribution in [0.1, 0.15) is 26.2 Å². The number of aromatic nitrogens is 2. The minimum absolute atomic E-state index is 0.0403. The van der Waals surface area contributed by atoms with Crippen LogP contribution in [-0.2, 0) is 6.54 Å². The van der Waals surface area contributed by atoms with E-state index >= 15 is 0 Å². The first-order chi connectivity index (χ1) is 10.0. The van der Waals surface area contributed by atoms with E-state index in [2.05, 4.69) is 11.9 Å². The lowest BCUT2D eigenvalue weighted by Crippen LogP contribution is -2.43. The van der Waals surface area contributed by atoms with Crippen LogP contribution in [0.25, 0.3) is 11.1 Å². The number of hydrogen-bond donors (Lipinski definition) is 1. The van der Waals surface area contributed by atoms with E-state index in [-0.39, 0.29) is 16.1 Å². The van der Waals surface area contributed by atoms with Gasteiger partial charge in [0.15, 0.2) is 0 Å². The maximum Gasteiger partial charge on any atom is 0.329 e. The van der Waals surface area contributed by atoms with Crippen LogP contribution in [0.15, 0.2) is 39.9 Å². The first-order valence-electron chi connectivity index (χ1n) is 7.08. The van der Waals surface area contributed by atoms with Crippen molar-refractivity contribution in [1.82, 2.24) is 9.55 Å². The van der Waals surface area contributed by atoms with E-state index < -0.39 is 5.69 Å². The van der Waals surface area contributed by atoms with E-state index in [4.69, 9.17) is 11.6 Å². The van der Waals surface area contributed by atoms with E-state index in [1.807, 2.05) is 30.3 Å². The maximum atomic E-state index is 12.7. The van der Waals surface area contributed by atoms with Crippen molar-refractivity contribution in [1.29, 1.82) is 0 Å². The summed E-state index contributed by atoms with van der Waals surface area (Å²) in [7, 11) is 0. The number of halogens is 1. The topological polar surface area (TPSA) is 54.9 Å². The van der Waals surface area contributed by atoms with Crippen molar-refractivity contribution >= 4 is 11.6 Å². The number of nitrogens with one attached hydrogen (secondary N) is 1. The summed E-state index contributed by atoms with van der Waals surface area (Å²) < 4.78 is 1.29. The fourth-order valence-corrected chi connectivity index (χ4v) is 3.13. The van der Waals surface area contributed by atoms with Gasteiger partial charge in [0.05, 0.1) is 5.56 Å². The lowest BCUT2D eigenvalue weighted by molar-refractivity contribution is 0.128. The van der Waals surface area contributed by atoms with Crippen molar-refractivity contribution in [2.75, 3.05) is 0 Å². The van der Waals surface area contributed by atoms with Crippen LogP contribution < -0.4 is 11.2 Å². The monoisotopic (exact) mass is 304 g/mol. The molecule has 0 spiro atoms. The average molecular weight is 305 g/mol. The number of nitrogens with zero attached hydrogens (tertiary/aromatic N) is 1. The Balaban J connectivity index is 2.14. The Morgan fingerprint density at radius 3 is 2.48 bits per heavy atom. The van der Waals surface area contributed by atoms with Gasteiger partial charge in [-0.05, 0) is 23.8 Å². The molecule has 4 nitrogen and oxygen atoms in total. The molecule has 5 heteroatoms. The molecule has 1 saturated carbocycles. The molecule has 110 valence electrons. The minimum atomic E-state index is -0.433. The van der Waals surface area contributed by atoms with E-state index in [9.17, 15) is 9.59 Å². The molecule has 1 aromatic heterocycles. The standard InChI is InChI=1S/C16H17ClN2O2/c1-16(8-5-9-16)10-19-14(20)12(13(17)18-15(19)21)11-6-3-2-4-7-11/h2-4,6-7H,5,8-10H2,1H3,(H,18,21). The highest BCUT2D eigenvalue weighted by Gasteiger charge is 2.33. The predicted octanol–water partition coefficient (Wildman–Crippen LogP) is 3.05. The Morgan fingerprint density at radius 1 is 1.24 bits per heavy atom. The highest BCUT2D eigenvalue weighted by atomic mass is 35.5. The van der Waals surface area contributed by atoms with E-state index in [0.29, 0.717) is 12.1 Å². The van der Waals surface area contributed by atoms with Crippen LogP contribution in [0.4, 0.5) is 0 Å². The molecule has 3 rings (SSSR count). The van der Waals surface area contributed by atoms with Crippen molar-refractivity contribution in [2.24, 2.45) is 5.41 Å². The molecule has 0 atom stereocenters. The van der Waals surface area contributed by atoms with E-state index in [0.717, 1.165) is 24.8 Å². The van der Waals surface area contributed by atoms with E-state index in [1.54, 1.807) is 0 Å². The maximum absolute atomic E-state index is 12.7. The summed E-state index contributed by atoms with van der Waals surface area (Å²) >= 11 is 6.09. The molecule has 0 saturated heterocycles. The third-order valence-corrected chi connectivity index (χ3v) is 4.59. The highest BCUT2D eigenvalue weighted by molar-refractivity contribution is 6.32. The highest BCUT2D eigenvalue weighted by Crippen LogP contribution is 2.41. The van der Waals surface area contributed by atoms with Crippen molar-refractivity contribution in [3.63, 3.8) is 0 Å². The average Bonchev–Trinajstić information content (AvgIpc) is 2.42. The summed E-state index contributed by atoms with van der Waals surface area (Å²) in [6.45, 7) is 2.55. The molecular weight excluding hydrogens is 288 g/mol. The van der Waals surface area contributed by atoms with Crippen LogP contribution in [0.5, 0.6) is 0 Å². The Morgan fingerprint density at radius 2 is 1.90 bits per heavy atom. The Labute approximate surface area is 127 Å². The summed E-state index contributed by atoms with van der Waals surface area (Å²) in [5.41, 5.74) is 0.371. The third-order valence-electron chi connectivity index (χ3n) is 4.30. The zero-order valence-electron chi connectivity index (χ0n) is 11.9. The fraction of sp³-hybridized carbons (Fsp3) is 0.375. The zero-order valence-corrected chi connectivity index (χ0v) is 12.6. The fourth-order valence-electron chi connectivity index (χ4n) is 2.86. The number of benzene rings is 1. The van der Waals surface area contributed by atoms with Gasteiger partial charge in [-0.15, -0.1) is 0 Å². The molecule has 0 radical (unpaired) electrons. The molecule has 1 aliphatic carbocycles. The van der Waals surface area contributed by atoms with E-state index in [1.165, 1.54) is 4.57 Å². The number of hydrogen-bond acceptors (Lipinski definition) is 2. The zero-order chi connectivity index (χ0) is 15.0. The largest absolute Gasteiger partial charge is 0.329 e. The molecule has 1 aliphatic rings. The molecule has 21 heavy (non-hydrogen) atoms. The molecule has 0 unspecified atom stereocenters. The molecule has 1 fully saturated rings. The Kier molecular flexibility index (Phi) is 3.49. The van der Waals surface area contributed by atoms with Crippen LogP contribution in [0.3, 0.4) is 0 Å². The summed E-state index contributed by atoms with van der Waals surface area (Å²) in [5, 5.41) is 0.103. The van der Waals surface area contributed by atoms with Crippen molar-refractivity contribution in [3.05, 3.63) is 56.3 Å². The Bertz CT molecular complexity index is 773. The normalized spacial score (nSPS) is 16.5. The Hall–Kier alpha value is -1.81. The van der Waals surface area contributed by atoms with Gasteiger partial charge in [-0.25, -0.2) is 4.79 Å². The second-order valence-corrected chi connectivity index (χ2v) is 6.42. The lowest BCUT2D eigenvalue weighted by Gasteiger charge is -2.38. The number of aromatic amines is 1. The molecular formula is C16H17ClN2O2. The predicted molar refractivity (Wildman–Crippen MR) is 83.7 cm³/mol. The molecule has 0 aliphatic heterocycles. The van der Waals surface area contributed by atoms with Crippen LogP contribution in [-0.4, -0.2) is 9.55 Å². The molecule has 1 heterocycles. The van der Waals surface area contributed by atoms with Gasteiger partial charge in [0.1, 0.15) is 5.15 Å². The molecule has 0 amide bonds. The quantitative estimate of drug-likeness (QED) is 0.886. The first-order valence-corrected chi connectivity index (χ1v) is 7.46. The van der Waals surface area contributed by atoms with Gasteiger partial charge in [-0.3, -0.25) is 14.3 Å². The van der Waals surface area contributed by atoms with Gasteiger partial charge < -0.3 is 0 Å². The molecule has 1 aromatic carbocycles. The molecule has 2 aromatic rings. The summed E-state index contributed by atoms with van der Waals surface area (Å²) in [4.78, 5) is 27.4. The van der Waals surface area contributed by atoms with Crippen LogP contribution in [0, 0.1) is 5.41 Å². The van der Waals surface area contributed by atoms with Crippen LogP contribution >= 0.6 is 11.6 Å². The minimum Gasteiger partial charge on any atom is -0.297 e. The third kappa shape index (κ3) is 2.56. The summed E-state index contributed by atoms with van der Waals surface area (Å²) in [5.74, 6) is 0. The summed E-state index contributed by atoms with van der Waals surface area (Å²) in [6.07, 6.45) is 3.24. The number of H-pyrrole nitrogens is 1. The van der Waals surface area contributed by atoms with Crippen LogP contribution in [0.2, 0.25) is 5.15 Å². The number of rotatable bonds is 3. The van der Waals surface area contributed by atoms with Gasteiger partial charge in [0.25, 0.3) is 5.56 Å². The molecule has 1 N–H and O–H groups in total. The lowest BCUT2D eigenvalue weighted by atomic mass is 9.70. The van der Waals surface area contributed by atoms with Crippen molar-refractivity contribution < 1.29 is 0 Å². The first kappa shape index (κ1) is 14.1.